The van der Waals surface area contributed by atoms with E-state index in [4.69, 9.17) is 0 Å². The fraction of sp³-hybridized carbons (Fsp3) is 0.417. The molecule has 0 unspecified atom stereocenters. The van der Waals surface area contributed by atoms with Gasteiger partial charge in [0.05, 0.1) is 5.69 Å². The maximum Gasteiger partial charge on any atom is 0.0772 e. The topological polar surface area (TPSA) is 24.9 Å². The highest BCUT2D eigenvalue weighted by Gasteiger charge is 2.00. The number of halogens is 2. The van der Waals surface area contributed by atoms with Crippen LogP contribution in [0.25, 0.3) is 6.08 Å². The lowest BCUT2D eigenvalue weighted by molar-refractivity contribution is 0.622. The number of hydrogen-bond acceptors (Lipinski definition) is 2. The lowest BCUT2D eigenvalue weighted by atomic mass is 10.2. The van der Waals surface area contributed by atoms with E-state index >= 15 is 0 Å². The lowest BCUT2D eigenvalue weighted by Crippen LogP contribution is -2.24. The molecule has 0 saturated heterocycles. The van der Waals surface area contributed by atoms with Gasteiger partial charge in [-0.2, -0.15) is 0 Å². The standard InChI is InChI=1S/C12H16Br2N2/c1-8(2)15-6-9(3)4-12-11(14)5-10(13)7-16-12/h4-5,7-8,15H,6H2,1-3H3. The van der Waals surface area contributed by atoms with Gasteiger partial charge in [0.2, 0.25) is 0 Å². The Labute approximate surface area is 114 Å². The minimum atomic E-state index is 0.504. The minimum absolute atomic E-state index is 0.504. The van der Waals surface area contributed by atoms with Crippen LogP contribution in [0.2, 0.25) is 0 Å². The van der Waals surface area contributed by atoms with Crippen LogP contribution in [0.15, 0.2) is 26.8 Å². The number of hydrogen-bond donors (Lipinski definition) is 1. The molecular formula is C12H16Br2N2. The van der Waals surface area contributed by atoms with E-state index in [0.717, 1.165) is 21.2 Å². The number of pyridine rings is 1. The highest BCUT2D eigenvalue weighted by molar-refractivity contribution is 9.11. The molecular weight excluding hydrogens is 332 g/mol. The highest BCUT2D eigenvalue weighted by atomic mass is 79.9. The maximum absolute atomic E-state index is 4.35. The van der Waals surface area contributed by atoms with Crippen molar-refractivity contribution in [1.82, 2.24) is 10.3 Å². The largest absolute Gasteiger partial charge is 0.311 e. The van der Waals surface area contributed by atoms with Crippen molar-refractivity contribution in [3.8, 4) is 0 Å². The molecule has 0 radical (unpaired) electrons. The molecule has 16 heavy (non-hydrogen) atoms. The molecule has 0 aliphatic rings. The van der Waals surface area contributed by atoms with Crippen LogP contribution < -0.4 is 5.32 Å². The SMILES string of the molecule is CC(=Cc1ncc(Br)cc1Br)CNC(C)C. The maximum atomic E-state index is 4.35. The van der Waals surface area contributed by atoms with Crippen LogP contribution in [0.4, 0.5) is 0 Å². The summed E-state index contributed by atoms with van der Waals surface area (Å²) in [6.07, 6.45) is 3.89. The van der Waals surface area contributed by atoms with Gasteiger partial charge in [0.25, 0.3) is 0 Å². The van der Waals surface area contributed by atoms with Crippen LogP contribution in [0.1, 0.15) is 26.5 Å². The Bertz CT molecular complexity index is 387. The average molecular weight is 348 g/mol. The first kappa shape index (κ1) is 13.9. The second-order valence-electron chi connectivity index (χ2n) is 4.05. The lowest BCUT2D eigenvalue weighted by Gasteiger charge is -2.08. The summed E-state index contributed by atoms with van der Waals surface area (Å²) in [6, 6.07) is 2.51. The van der Waals surface area contributed by atoms with Crippen molar-refractivity contribution in [2.45, 2.75) is 26.8 Å². The van der Waals surface area contributed by atoms with E-state index in [-0.39, 0.29) is 0 Å². The molecule has 1 aromatic heterocycles. The molecule has 0 bridgehead atoms. The molecule has 0 spiro atoms. The summed E-state index contributed by atoms with van der Waals surface area (Å²) in [6.45, 7) is 7.27. The van der Waals surface area contributed by atoms with Gasteiger partial charge in [-0.25, -0.2) is 0 Å². The molecule has 88 valence electrons. The Hall–Kier alpha value is -0.190. The van der Waals surface area contributed by atoms with Crippen molar-refractivity contribution in [2.75, 3.05) is 6.54 Å². The van der Waals surface area contributed by atoms with Crippen LogP contribution in [-0.4, -0.2) is 17.6 Å². The number of nitrogens with one attached hydrogen (secondary N) is 1. The summed E-state index contributed by atoms with van der Waals surface area (Å²) >= 11 is 6.88. The molecule has 0 amide bonds. The zero-order valence-corrected chi connectivity index (χ0v) is 12.9. The van der Waals surface area contributed by atoms with Crippen LogP contribution in [-0.2, 0) is 0 Å². The second kappa shape index (κ2) is 6.52. The second-order valence-corrected chi connectivity index (χ2v) is 5.82. The van der Waals surface area contributed by atoms with Gasteiger partial charge < -0.3 is 5.32 Å². The number of nitrogens with zero attached hydrogens (tertiary/aromatic N) is 1. The third-order valence-electron chi connectivity index (χ3n) is 2.01. The molecule has 0 saturated carbocycles. The molecule has 1 heterocycles. The number of aromatic nitrogens is 1. The molecule has 2 nitrogen and oxygen atoms in total. The Morgan fingerprint density at radius 2 is 2.19 bits per heavy atom. The summed E-state index contributed by atoms with van der Waals surface area (Å²) in [5.74, 6) is 0. The van der Waals surface area contributed by atoms with Gasteiger partial charge in [-0.15, -0.1) is 0 Å². The minimum Gasteiger partial charge on any atom is -0.311 e. The van der Waals surface area contributed by atoms with Gasteiger partial charge >= 0.3 is 0 Å². The quantitative estimate of drug-likeness (QED) is 0.890. The molecule has 1 aromatic rings. The van der Waals surface area contributed by atoms with Crippen molar-refractivity contribution in [3.63, 3.8) is 0 Å². The van der Waals surface area contributed by atoms with Gasteiger partial charge in [0, 0.05) is 27.7 Å². The van der Waals surface area contributed by atoms with Crippen molar-refractivity contribution in [1.29, 1.82) is 0 Å². The third-order valence-corrected chi connectivity index (χ3v) is 3.08. The zero-order chi connectivity index (χ0) is 12.1. The molecule has 1 N–H and O–H groups in total. The average Bonchev–Trinajstić information content (AvgIpc) is 2.19. The smallest absolute Gasteiger partial charge is 0.0772 e. The van der Waals surface area contributed by atoms with Gasteiger partial charge in [-0.3, -0.25) is 4.98 Å². The Morgan fingerprint density at radius 1 is 1.50 bits per heavy atom. The molecule has 0 aromatic carbocycles. The van der Waals surface area contributed by atoms with Crippen molar-refractivity contribution < 1.29 is 0 Å². The molecule has 0 aliphatic heterocycles. The fourth-order valence-corrected chi connectivity index (χ4v) is 2.28. The first-order valence-corrected chi connectivity index (χ1v) is 6.79. The predicted molar refractivity (Wildman–Crippen MR) is 76.4 cm³/mol. The van der Waals surface area contributed by atoms with Crippen molar-refractivity contribution >= 4 is 37.9 Å². The molecule has 0 aliphatic carbocycles. The van der Waals surface area contributed by atoms with E-state index in [1.807, 2.05) is 6.07 Å². The van der Waals surface area contributed by atoms with Crippen molar-refractivity contribution in [2.24, 2.45) is 0 Å². The van der Waals surface area contributed by atoms with Gasteiger partial charge in [-0.05, 0) is 50.9 Å². The normalized spacial score (nSPS) is 12.2. The fourth-order valence-electron chi connectivity index (χ4n) is 1.18. The molecule has 1 rings (SSSR count). The van der Waals surface area contributed by atoms with Crippen LogP contribution in [0.5, 0.6) is 0 Å². The number of rotatable bonds is 4. The summed E-state index contributed by atoms with van der Waals surface area (Å²) < 4.78 is 1.99. The zero-order valence-electron chi connectivity index (χ0n) is 9.72. The summed E-state index contributed by atoms with van der Waals surface area (Å²) in [5, 5.41) is 3.38. The summed E-state index contributed by atoms with van der Waals surface area (Å²) in [7, 11) is 0. The monoisotopic (exact) mass is 346 g/mol. The molecule has 4 heteroatoms. The van der Waals surface area contributed by atoms with Crippen LogP contribution in [0.3, 0.4) is 0 Å². The van der Waals surface area contributed by atoms with E-state index in [1.54, 1.807) is 6.20 Å². The van der Waals surface area contributed by atoms with Crippen LogP contribution >= 0.6 is 31.9 Å². The first-order valence-electron chi connectivity index (χ1n) is 5.20. The third kappa shape index (κ3) is 4.76. The van der Waals surface area contributed by atoms with Crippen LogP contribution in [0, 0.1) is 0 Å². The Morgan fingerprint density at radius 3 is 2.75 bits per heavy atom. The van der Waals surface area contributed by atoms with E-state index in [9.17, 15) is 0 Å². The van der Waals surface area contributed by atoms with E-state index in [2.05, 4.69) is 69.0 Å². The van der Waals surface area contributed by atoms with Crippen molar-refractivity contribution in [3.05, 3.63) is 32.5 Å². The molecule has 0 atom stereocenters. The predicted octanol–water partition coefficient (Wildman–Crippen LogP) is 4.01. The summed E-state index contributed by atoms with van der Waals surface area (Å²) in [4.78, 5) is 4.35. The molecule has 0 fully saturated rings. The Balaban J connectivity index is 2.74. The van der Waals surface area contributed by atoms with Gasteiger partial charge in [-0.1, -0.05) is 19.4 Å². The highest BCUT2D eigenvalue weighted by Crippen LogP contribution is 2.21. The summed E-state index contributed by atoms with van der Waals surface area (Å²) in [5.41, 5.74) is 2.23. The first-order chi connectivity index (χ1) is 7.49. The van der Waals surface area contributed by atoms with Gasteiger partial charge in [0.15, 0.2) is 0 Å². The van der Waals surface area contributed by atoms with Gasteiger partial charge in [0.1, 0.15) is 0 Å². The Kier molecular flexibility index (Phi) is 5.66. The van der Waals surface area contributed by atoms with E-state index < -0.39 is 0 Å². The van der Waals surface area contributed by atoms with E-state index in [0.29, 0.717) is 6.04 Å². The van der Waals surface area contributed by atoms with E-state index in [1.165, 1.54) is 5.57 Å².